The lowest BCUT2D eigenvalue weighted by Crippen LogP contribution is -2.54. The highest BCUT2D eigenvalue weighted by molar-refractivity contribution is 6.71. The van der Waals surface area contributed by atoms with Crippen LogP contribution in [-0.2, 0) is 15.0 Å². The summed E-state index contributed by atoms with van der Waals surface area (Å²) in [5, 5.41) is 0. The minimum atomic E-state index is -1.96. The highest BCUT2D eigenvalue weighted by Gasteiger charge is 2.59. The van der Waals surface area contributed by atoms with Crippen LogP contribution < -0.4 is 9.16 Å². The summed E-state index contributed by atoms with van der Waals surface area (Å²) < 4.78 is 12.5. The number of ether oxygens (including phenoxy) is 1. The van der Waals surface area contributed by atoms with Crippen LogP contribution in [0.15, 0.2) is 109 Å². The first-order valence-corrected chi connectivity index (χ1v) is 18.0. The molecule has 0 saturated carbocycles. The maximum Gasteiger partial charge on any atom is 0.245 e. The molecule has 0 spiro atoms. The van der Waals surface area contributed by atoms with E-state index in [-0.39, 0.29) is 11.6 Å². The molecule has 4 nitrogen and oxygen atoms in total. The van der Waals surface area contributed by atoms with Crippen molar-refractivity contribution in [3.8, 4) is 11.5 Å². The third-order valence-electron chi connectivity index (χ3n) is 8.80. The minimum absolute atomic E-state index is 0.00962. The van der Waals surface area contributed by atoms with Gasteiger partial charge in [-0.3, -0.25) is 9.59 Å². The third kappa shape index (κ3) is 5.22. The fraction of sp³-hybridized carbons (Fsp3) is 0.297. The van der Waals surface area contributed by atoms with E-state index in [1.165, 1.54) is 0 Å². The summed E-state index contributed by atoms with van der Waals surface area (Å²) in [4.78, 5) is 29.1. The maximum absolute atomic E-state index is 14.7. The molecule has 0 aliphatic heterocycles. The fourth-order valence-corrected chi connectivity index (χ4v) is 8.85. The van der Waals surface area contributed by atoms with Gasteiger partial charge >= 0.3 is 0 Å². The van der Waals surface area contributed by atoms with E-state index in [2.05, 4.69) is 32.7 Å². The van der Waals surface area contributed by atoms with E-state index < -0.39 is 25.6 Å². The number of hydrogen-bond donors (Lipinski definition) is 0. The Labute approximate surface area is 250 Å². The highest BCUT2D eigenvalue weighted by atomic mass is 28.4. The normalized spacial score (nSPS) is 22.1. The maximum atomic E-state index is 14.7. The lowest BCUT2D eigenvalue weighted by Gasteiger charge is -2.49. The quantitative estimate of drug-likeness (QED) is 0.227. The second-order valence-electron chi connectivity index (χ2n) is 11.9. The molecule has 0 fully saturated rings. The van der Waals surface area contributed by atoms with E-state index in [0.717, 1.165) is 46.9 Å². The summed E-state index contributed by atoms with van der Waals surface area (Å²) in [5.41, 5.74) is 2.78. The van der Waals surface area contributed by atoms with Crippen LogP contribution in [0.1, 0.15) is 48.8 Å². The molecule has 42 heavy (non-hydrogen) atoms. The molecule has 0 heterocycles. The van der Waals surface area contributed by atoms with Crippen molar-refractivity contribution in [1.82, 2.24) is 0 Å². The van der Waals surface area contributed by atoms with Gasteiger partial charge in [0.05, 0.1) is 12.5 Å². The summed E-state index contributed by atoms with van der Waals surface area (Å²) >= 11 is 0. The second kappa shape index (κ2) is 12.1. The smallest absolute Gasteiger partial charge is 0.245 e. The van der Waals surface area contributed by atoms with Gasteiger partial charge in [-0.1, -0.05) is 105 Å². The molecular weight excluding hydrogens is 536 g/mol. The first kappa shape index (κ1) is 29.5. The van der Waals surface area contributed by atoms with Crippen molar-refractivity contribution >= 4 is 25.5 Å². The zero-order chi connectivity index (χ0) is 29.9. The van der Waals surface area contributed by atoms with Crippen LogP contribution in [0, 0.1) is 5.92 Å². The van der Waals surface area contributed by atoms with E-state index in [1.54, 1.807) is 13.2 Å². The number of allylic oxidation sites excluding steroid dienone is 5. The number of Topliss-reactive ketones (excluding diaryl/α,β-unsaturated/α-hetero) is 1. The van der Waals surface area contributed by atoms with E-state index in [0.29, 0.717) is 17.7 Å². The van der Waals surface area contributed by atoms with Crippen LogP contribution in [0.4, 0.5) is 0 Å². The number of carbonyl (C=O) groups excluding carboxylic acids is 2. The number of unbranched alkanes of at least 4 members (excludes halogenated alkanes) is 1. The number of ketones is 2. The number of carbonyl (C=O) groups is 2. The van der Waals surface area contributed by atoms with Gasteiger partial charge in [-0.05, 0) is 66.0 Å². The van der Waals surface area contributed by atoms with Crippen molar-refractivity contribution in [2.45, 2.75) is 56.7 Å². The van der Waals surface area contributed by atoms with Crippen LogP contribution in [-0.4, -0.2) is 27.0 Å². The van der Waals surface area contributed by atoms with Gasteiger partial charge in [0, 0.05) is 17.4 Å². The molecule has 0 bridgehead atoms. The fourth-order valence-electron chi connectivity index (χ4n) is 6.78. The van der Waals surface area contributed by atoms with Gasteiger partial charge < -0.3 is 9.16 Å². The van der Waals surface area contributed by atoms with Crippen LogP contribution >= 0.6 is 0 Å². The molecular formula is C37H40O4Si. The van der Waals surface area contributed by atoms with Crippen molar-refractivity contribution in [2.75, 3.05) is 7.11 Å². The van der Waals surface area contributed by atoms with E-state index in [1.807, 2.05) is 84.9 Å². The minimum Gasteiger partial charge on any atom is -0.542 e. The van der Waals surface area contributed by atoms with Crippen molar-refractivity contribution in [2.24, 2.45) is 5.92 Å². The highest BCUT2D eigenvalue weighted by Crippen LogP contribution is 2.57. The van der Waals surface area contributed by atoms with Crippen molar-refractivity contribution in [3.05, 3.63) is 126 Å². The summed E-state index contributed by atoms with van der Waals surface area (Å²) in [6.45, 7) is 10.8. The molecule has 0 unspecified atom stereocenters. The van der Waals surface area contributed by atoms with Gasteiger partial charge in [0.15, 0.2) is 17.3 Å². The Morgan fingerprint density at radius 2 is 1.67 bits per heavy atom. The SMILES string of the molecule is C=CC1=CC[C@H]2C(=O)C(c3ccccc3)=CC(=O)[C@@]2(c2ccccc2)[C@H]1c1ccc(O[Si](C)(C)CCCC)c(OC)c1. The zero-order valence-electron chi connectivity index (χ0n) is 25.1. The molecule has 2 aliphatic rings. The second-order valence-corrected chi connectivity index (χ2v) is 16.1. The predicted molar refractivity (Wildman–Crippen MR) is 172 cm³/mol. The number of fused-ring (bicyclic) bond motifs is 1. The van der Waals surface area contributed by atoms with Crippen LogP contribution in [0.25, 0.3) is 5.57 Å². The number of methoxy groups -OCH3 is 1. The van der Waals surface area contributed by atoms with Gasteiger partial charge in [0.25, 0.3) is 0 Å². The van der Waals surface area contributed by atoms with Gasteiger partial charge in [0.1, 0.15) is 5.75 Å². The number of rotatable bonds is 10. The molecule has 216 valence electrons. The van der Waals surface area contributed by atoms with Crippen LogP contribution in [0.3, 0.4) is 0 Å². The molecule has 2 aliphatic carbocycles. The molecule has 3 atom stereocenters. The summed E-state index contributed by atoms with van der Waals surface area (Å²) in [5.74, 6) is 0.273. The largest absolute Gasteiger partial charge is 0.542 e. The average molecular weight is 577 g/mol. The Hall–Kier alpha value is -3.96. The van der Waals surface area contributed by atoms with E-state index in [9.17, 15) is 9.59 Å². The summed E-state index contributed by atoms with van der Waals surface area (Å²) in [6, 6.07) is 26.3. The van der Waals surface area contributed by atoms with E-state index >= 15 is 0 Å². The molecule has 0 radical (unpaired) electrons. The monoisotopic (exact) mass is 576 g/mol. The third-order valence-corrected chi connectivity index (χ3v) is 11.1. The molecule has 5 heteroatoms. The molecule has 3 aromatic rings. The Kier molecular flexibility index (Phi) is 8.51. The topological polar surface area (TPSA) is 52.6 Å². The van der Waals surface area contributed by atoms with Gasteiger partial charge in [-0.15, -0.1) is 0 Å². The Bertz CT molecular complexity index is 1540. The zero-order valence-corrected chi connectivity index (χ0v) is 26.1. The molecule has 0 aromatic heterocycles. The number of benzene rings is 3. The first-order valence-electron chi connectivity index (χ1n) is 14.9. The van der Waals surface area contributed by atoms with Gasteiger partial charge in [-0.2, -0.15) is 0 Å². The molecule has 5 rings (SSSR count). The predicted octanol–water partition coefficient (Wildman–Crippen LogP) is 8.47. The van der Waals surface area contributed by atoms with Gasteiger partial charge in [-0.25, -0.2) is 0 Å². The Morgan fingerprint density at radius 3 is 2.31 bits per heavy atom. The molecule has 0 N–H and O–H groups in total. The van der Waals surface area contributed by atoms with Crippen molar-refractivity contribution < 1.29 is 18.8 Å². The molecule has 0 saturated heterocycles. The lowest BCUT2D eigenvalue weighted by atomic mass is 9.50. The Morgan fingerprint density at radius 1 is 0.976 bits per heavy atom. The Balaban J connectivity index is 1.69. The molecule has 0 amide bonds. The van der Waals surface area contributed by atoms with Crippen molar-refractivity contribution in [1.29, 1.82) is 0 Å². The lowest BCUT2D eigenvalue weighted by molar-refractivity contribution is -0.131. The van der Waals surface area contributed by atoms with Gasteiger partial charge in [0.2, 0.25) is 8.32 Å². The summed E-state index contributed by atoms with van der Waals surface area (Å²) in [7, 11) is -0.309. The standard InChI is InChI=1S/C37H40O4Si/c1-6-8-23-42(4,5)41-32-22-20-28(24-33(32)40-3)35-26(7-2)19-21-31-36(39)30(27-15-11-9-12-16-27)25-34(38)37(31,35)29-17-13-10-14-18-29/h7,9-20,22,24-25,31,35H,2,6,8,21,23H2,1,3-5H3/t31-,35+,37-/m0/s1. The van der Waals surface area contributed by atoms with Crippen LogP contribution in [0.5, 0.6) is 11.5 Å². The summed E-state index contributed by atoms with van der Waals surface area (Å²) in [6.07, 6.45) is 8.21. The van der Waals surface area contributed by atoms with E-state index in [4.69, 9.17) is 9.16 Å². The first-order chi connectivity index (χ1) is 20.3. The molecule has 3 aromatic carbocycles. The number of hydrogen-bond acceptors (Lipinski definition) is 4. The average Bonchev–Trinajstić information content (AvgIpc) is 3.02. The van der Waals surface area contributed by atoms with Crippen molar-refractivity contribution in [3.63, 3.8) is 0 Å². The van der Waals surface area contributed by atoms with Crippen LogP contribution in [0.2, 0.25) is 19.1 Å².